The number of rotatable bonds is 6. The summed E-state index contributed by atoms with van der Waals surface area (Å²) in [4.78, 5) is 1.24. The average molecular weight is 307 g/mol. The molecule has 0 aliphatic heterocycles. The lowest BCUT2D eigenvalue weighted by Gasteiger charge is -2.22. The Morgan fingerprint density at radius 1 is 1.33 bits per heavy atom. The molecule has 0 fully saturated rings. The highest BCUT2D eigenvalue weighted by atomic mass is 32.1. The maximum atomic E-state index is 4.36. The van der Waals surface area contributed by atoms with Crippen LogP contribution in [0.25, 0.3) is 0 Å². The lowest BCUT2D eigenvalue weighted by Crippen LogP contribution is -2.25. The molecule has 2 aromatic heterocycles. The molecule has 0 saturated carbocycles. The maximum Gasteiger partial charge on any atom is 0.0857 e. The van der Waals surface area contributed by atoms with Crippen LogP contribution < -0.4 is 5.32 Å². The average Bonchev–Trinajstić information content (AvgIpc) is 3.06. The third kappa shape index (κ3) is 3.89. The Labute approximate surface area is 130 Å². The minimum Gasteiger partial charge on any atom is -0.309 e. The molecule has 1 N–H and O–H groups in total. The number of nitrogens with one attached hydrogen (secondary N) is 1. The van der Waals surface area contributed by atoms with E-state index in [1.165, 1.54) is 22.0 Å². The molecule has 0 aliphatic carbocycles. The fourth-order valence-electron chi connectivity index (χ4n) is 2.37. The standard InChI is InChI=1S/C15H25N5S/c1-6-16-12(8-11-9-17-20(7-2)10-11)13-14(15(3,4)5)18-19-21-13/h9-10,12,16H,6-8H2,1-5H3. The van der Waals surface area contributed by atoms with E-state index in [2.05, 4.69) is 60.8 Å². The van der Waals surface area contributed by atoms with Gasteiger partial charge < -0.3 is 5.32 Å². The predicted octanol–water partition coefficient (Wildman–Crippen LogP) is 2.95. The highest BCUT2D eigenvalue weighted by Crippen LogP contribution is 2.31. The monoisotopic (exact) mass is 307 g/mol. The van der Waals surface area contributed by atoms with Gasteiger partial charge in [0.15, 0.2) is 0 Å². The quantitative estimate of drug-likeness (QED) is 0.891. The number of hydrogen-bond donors (Lipinski definition) is 1. The summed E-state index contributed by atoms with van der Waals surface area (Å²) in [6.07, 6.45) is 5.00. The zero-order chi connectivity index (χ0) is 15.5. The Morgan fingerprint density at radius 3 is 2.67 bits per heavy atom. The molecule has 1 atom stereocenters. The number of nitrogens with zero attached hydrogens (tertiary/aromatic N) is 4. The van der Waals surface area contributed by atoms with E-state index < -0.39 is 0 Å². The first-order valence-corrected chi connectivity index (χ1v) is 8.30. The second-order valence-corrected chi connectivity index (χ2v) is 7.04. The molecule has 5 nitrogen and oxygen atoms in total. The van der Waals surface area contributed by atoms with Gasteiger partial charge in [-0.3, -0.25) is 4.68 Å². The normalized spacial score (nSPS) is 13.6. The van der Waals surface area contributed by atoms with Crippen molar-refractivity contribution in [2.75, 3.05) is 6.54 Å². The van der Waals surface area contributed by atoms with Crippen LogP contribution in [0.2, 0.25) is 0 Å². The zero-order valence-corrected chi connectivity index (χ0v) is 14.4. The molecule has 0 bridgehead atoms. The van der Waals surface area contributed by atoms with Gasteiger partial charge in [0.2, 0.25) is 0 Å². The van der Waals surface area contributed by atoms with Crippen molar-refractivity contribution in [1.29, 1.82) is 0 Å². The predicted molar refractivity (Wildman–Crippen MR) is 86.6 cm³/mol. The molecular weight excluding hydrogens is 282 g/mol. The third-order valence-electron chi connectivity index (χ3n) is 3.44. The van der Waals surface area contributed by atoms with Gasteiger partial charge in [-0.15, -0.1) is 5.10 Å². The first-order chi connectivity index (χ1) is 9.95. The van der Waals surface area contributed by atoms with Crippen LogP contribution in [0.5, 0.6) is 0 Å². The number of hydrogen-bond acceptors (Lipinski definition) is 5. The fraction of sp³-hybridized carbons (Fsp3) is 0.667. The SMILES string of the molecule is CCNC(Cc1cnn(CC)c1)c1snnc1C(C)(C)C. The lowest BCUT2D eigenvalue weighted by molar-refractivity contribution is 0.514. The second-order valence-electron chi connectivity index (χ2n) is 6.25. The van der Waals surface area contributed by atoms with Crippen molar-refractivity contribution in [3.63, 3.8) is 0 Å². The Kier molecular flexibility index (Phi) is 5.11. The maximum absolute atomic E-state index is 4.36. The smallest absolute Gasteiger partial charge is 0.0857 e. The zero-order valence-electron chi connectivity index (χ0n) is 13.6. The van der Waals surface area contributed by atoms with Gasteiger partial charge in [-0.1, -0.05) is 32.2 Å². The Morgan fingerprint density at radius 2 is 2.10 bits per heavy atom. The van der Waals surface area contributed by atoms with E-state index in [1.807, 2.05) is 10.9 Å². The topological polar surface area (TPSA) is 55.6 Å². The number of aromatic nitrogens is 4. The van der Waals surface area contributed by atoms with E-state index >= 15 is 0 Å². The van der Waals surface area contributed by atoms with Crippen molar-refractivity contribution >= 4 is 11.5 Å². The van der Waals surface area contributed by atoms with Crippen LogP contribution in [0.1, 0.15) is 56.8 Å². The summed E-state index contributed by atoms with van der Waals surface area (Å²) in [7, 11) is 0. The second kappa shape index (κ2) is 6.66. The van der Waals surface area contributed by atoms with Gasteiger partial charge in [-0.05, 0) is 37.0 Å². The first-order valence-electron chi connectivity index (χ1n) is 7.53. The summed E-state index contributed by atoms with van der Waals surface area (Å²) in [5, 5.41) is 12.3. The van der Waals surface area contributed by atoms with Crippen LogP contribution in [-0.4, -0.2) is 25.9 Å². The van der Waals surface area contributed by atoms with E-state index in [0.29, 0.717) is 0 Å². The van der Waals surface area contributed by atoms with Gasteiger partial charge in [0.25, 0.3) is 0 Å². The highest BCUT2D eigenvalue weighted by molar-refractivity contribution is 7.05. The molecule has 6 heteroatoms. The highest BCUT2D eigenvalue weighted by Gasteiger charge is 2.27. The van der Waals surface area contributed by atoms with Gasteiger partial charge >= 0.3 is 0 Å². The molecule has 2 heterocycles. The van der Waals surface area contributed by atoms with Crippen molar-refractivity contribution in [2.24, 2.45) is 0 Å². The lowest BCUT2D eigenvalue weighted by atomic mass is 9.89. The molecule has 0 spiro atoms. The minimum atomic E-state index is 0.0175. The van der Waals surface area contributed by atoms with Crippen molar-refractivity contribution < 1.29 is 0 Å². The molecule has 1 unspecified atom stereocenters. The van der Waals surface area contributed by atoms with E-state index in [4.69, 9.17) is 0 Å². The summed E-state index contributed by atoms with van der Waals surface area (Å²) in [6.45, 7) is 12.6. The van der Waals surface area contributed by atoms with Crippen molar-refractivity contribution in [3.8, 4) is 0 Å². The molecule has 2 aromatic rings. The molecule has 0 aromatic carbocycles. The molecule has 2 rings (SSSR count). The van der Waals surface area contributed by atoms with E-state index in [9.17, 15) is 0 Å². The van der Waals surface area contributed by atoms with E-state index in [1.54, 1.807) is 0 Å². The molecule has 0 radical (unpaired) electrons. The summed E-state index contributed by atoms with van der Waals surface area (Å²) < 4.78 is 6.15. The Balaban J connectivity index is 2.25. The summed E-state index contributed by atoms with van der Waals surface area (Å²) in [6, 6.07) is 0.249. The summed E-state index contributed by atoms with van der Waals surface area (Å²) >= 11 is 1.51. The molecule has 116 valence electrons. The Bertz CT molecular complexity index is 567. The van der Waals surface area contributed by atoms with Crippen LogP contribution in [0.4, 0.5) is 0 Å². The third-order valence-corrected chi connectivity index (χ3v) is 4.28. The van der Waals surface area contributed by atoms with Crippen LogP contribution in [0.3, 0.4) is 0 Å². The summed E-state index contributed by atoms with van der Waals surface area (Å²) in [5.41, 5.74) is 2.36. The van der Waals surface area contributed by atoms with Crippen LogP contribution in [0, 0.1) is 0 Å². The fourth-order valence-corrected chi connectivity index (χ4v) is 3.31. The van der Waals surface area contributed by atoms with Gasteiger partial charge in [0.05, 0.1) is 16.8 Å². The van der Waals surface area contributed by atoms with Gasteiger partial charge in [0.1, 0.15) is 0 Å². The van der Waals surface area contributed by atoms with Gasteiger partial charge in [-0.25, -0.2) is 0 Å². The largest absolute Gasteiger partial charge is 0.309 e. The van der Waals surface area contributed by atoms with Crippen molar-refractivity contribution in [3.05, 3.63) is 28.5 Å². The molecule has 0 amide bonds. The molecule has 0 saturated heterocycles. The van der Waals surface area contributed by atoms with Crippen LogP contribution in [0.15, 0.2) is 12.4 Å². The Hall–Kier alpha value is -1.27. The number of likely N-dealkylation sites (N-methyl/N-ethyl adjacent to an activating group) is 1. The summed E-state index contributed by atoms with van der Waals surface area (Å²) in [5.74, 6) is 0. The van der Waals surface area contributed by atoms with E-state index in [0.717, 1.165) is 25.2 Å². The van der Waals surface area contributed by atoms with Crippen LogP contribution >= 0.6 is 11.5 Å². The van der Waals surface area contributed by atoms with Gasteiger partial charge in [0, 0.05) is 24.2 Å². The van der Waals surface area contributed by atoms with Crippen molar-refractivity contribution in [2.45, 2.75) is 59.0 Å². The van der Waals surface area contributed by atoms with E-state index in [-0.39, 0.29) is 11.5 Å². The molecular formula is C15H25N5S. The molecule has 0 aliphatic rings. The van der Waals surface area contributed by atoms with Crippen LogP contribution in [-0.2, 0) is 18.4 Å². The van der Waals surface area contributed by atoms with Gasteiger partial charge in [-0.2, -0.15) is 5.10 Å². The number of aryl methyl sites for hydroxylation is 1. The first kappa shape index (κ1) is 16.1. The minimum absolute atomic E-state index is 0.0175. The van der Waals surface area contributed by atoms with Crippen molar-refractivity contribution in [1.82, 2.24) is 24.7 Å². The molecule has 21 heavy (non-hydrogen) atoms.